The predicted octanol–water partition coefficient (Wildman–Crippen LogP) is 3.85. The largest absolute Gasteiger partial charge is 0.497 e. The second-order valence-electron chi connectivity index (χ2n) is 6.44. The summed E-state index contributed by atoms with van der Waals surface area (Å²) in [6.45, 7) is 3.49. The Morgan fingerprint density at radius 1 is 1.15 bits per heavy atom. The van der Waals surface area contributed by atoms with Crippen molar-refractivity contribution in [3.8, 4) is 5.75 Å². The first-order valence-corrected chi connectivity index (χ1v) is 9.20. The molecule has 142 valence electrons. The summed E-state index contributed by atoms with van der Waals surface area (Å²) < 4.78 is 18.3. The van der Waals surface area contributed by atoms with Crippen LogP contribution in [0.1, 0.15) is 11.1 Å². The van der Waals surface area contributed by atoms with Crippen LogP contribution in [-0.4, -0.2) is 49.0 Å². The fourth-order valence-corrected chi connectivity index (χ4v) is 3.23. The van der Waals surface area contributed by atoms with Crippen LogP contribution in [0.3, 0.4) is 0 Å². The highest BCUT2D eigenvalue weighted by molar-refractivity contribution is 6.31. The van der Waals surface area contributed by atoms with Crippen LogP contribution in [0.4, 0.5) is 4.39 Å². The minimum atomic E-state index is -0.331. The molecule has 0 unspecified atom stereocenters. The molecular weight excluding hydrogens is 367 g/mol. The van der Waals surface area contributed by atoms with E-state index in [4.69, 9.17) is 16.3 Å². The zero-order valence-electron chi connectivity index (χ0n) is 15.2. The van der Waals surface area contributed by atoms with Crippen LogP contribution in [0.5, 0.6) is 5.75 Å². The van der Waals surface area contributed by atoms with Crippen LogP contribution in [-0.2, 0) is 11.3 Å². The first-order valence-electron chi connectivity index (χ1n) is 8.82. The normalized spacial score (nSPS) is 15.3. The molecule has 0 radical (unpaired) electrons. The summed E-state index contributed by atoms with van der Waals surface area (Å²) >= 11 is 6.10. The van der Waals surface area contributed by atoms with Crippen molar-refractivity contribution in [3.63, 3.8) is 0 Å². The van der Waals surface area contributed by atoms with Gasteiger partial charge in [0.05, 0.1) is 7.11 Å². The van der Waals surface area contributed by atoms with Gasteiger partial charge in [-0.3, -0.25) is 9.69 Å². The topological polar surface area (TPSA) is 32.8 Å². The van der Waals surface area contributed by atoms with Gasteiger partial charge in [-0.1, -0.05) is 29.8 Å². The van der Waals surface area contributed by atoms with Crippen molar-refractivity contribution >= 4 is 23.6 Å². The zero-order chi connectivity index (χ0) is 19.2. The van der Waals surface area contributed by atoms with E-state index in [1.807, 2.05) is 35.2 Å². The lowest BCUT2D eigenvalue weighted by atomic mass is 10.2. The molecular formula is C21H22ClFN2O2. The van der Waals surface area contributed by atoms with E-state index >= 15 is 0 Å². The van der Waals surface area contributed by atoms with Crippen molar-refractivity contribution in [2.45, 2.75) is 6.54 Å². The predicted molar refractivity (Wildman–Crippen MR) is 105 cm³/mol. The van der Waals surface area contributed by atoms with Gasteiger partial charge in [0.1, 0.15) is 11.6 Å². The Morgan fingerprint density at radius 2 is 1.85 bits per heavy atom. The highest BCUT2D eigenvalue weighted by Crippen LogP contribution is 2.20. The Balaban J connectivity index is 1.50. The molecule has 1 fully saturated rings. The summed E-state index contributed by atoms with van der Waals surface area (Å²) in [7, 11) is 1.62. The molecule has 0 N–H and O–H groups in total. The SMILES string of the molecule is COc1ccc(/C=C/C(=O)N2CCN(Cc3ccc(F)cc3Cl)CC2)cc1. The van der Waals surface area contributed by atoms with E-state index in [9.17, 15) is 9.18 Å². The number of methoxy groups -OCH3 is 1. The van der Waals surface area contributed by atoms with Crippen LogP contribution < -0.4 is 4.74 Å². The lowest BCUT2D eigenvalue weighted by Crippen LogP contribution is -2.47. The molecule has 0 atom stereocenters. The number of halogens is 2. The van der Waals surface area contributed by atoms with E-state index < -0.39 is 0 Å². The number of amides is 1. The summed E-state index contributed by atoms with van der Waals surface area (Å²) in [6.07, 6.45) is 3.42. The number of hydrogen-bond acceptors (Lipinski definition) is 3. The lowest BCUT2D eigenvalue weighted by Gasteiger charge is -2.34. The molecule has 1 saturated heterocycles. The number of carbonyl (C=O) groups excluding carboxylic acids is 1. The Morgan fingerprint density at radius 3 is 2.48 bits per heavy atom. The molecule has 0 saturated carbocycles. The smallest absolute Gasteiger partial charge is 0.246 e. The molecule has 2 aromatic rings. The third-order valence-electron chi connectivity index (χ3n) is 4.63. The maximum absolute atomic E-state index is 13.1. The molecule has 1 aliphatic rings. The van der Waals surface area contributed by atoms with Gasteiger partial charge in [-0.2, -0.15) is 0 Å². The van der Waals surface area contributed by atoms with Gasteiger partial charge in [-0.25, -0.2) is 4.39 Å². The minimum absolute atomic E-state index is 0.00489. The summed E-state index contributed by atoms with van der Waals surface area (Å²) in [5.41, 5.74) is 1.85. The molecule has 6 heteroatoms. The second-order valence-corrected chi connectivity index (χ2v) is 6.85. The molecule has 2 aromatic carbocycles. The molecule has 1 heterocycles. The van der Waals surface area contributed by atoms with E-state index in [1.165, 1.54) is 12.1 Å². The molecule has 3 rings (SSSR count). The third-order valence-corrected chi connectivity index (χ3v) is 4.98. The van der Waals surface area contributed by atoms with Crippen molar-refractivity contribution in [1.82, 2.24) is 9.80 Å². The van der Waals surface area contributed by atoms with Crippen molar-refractivity contribution < 1.29 is 13.9 Å². The van der Waals surface area contributed by atoms with Gasteiger partial charge in [-0.05, 0) is 41.5 Å². The Labute approximate surface area is 163 Å². The average molecular weight is 389 g/mol. The van der Waals surface area contributed by atoms with Crippen LogP contribution in [0.25, 0.3) is 6.08 Å². The number of carbonyl (C=O) groups is 1. The van der Waals surface area contributed by atoms with Crippen LogP contribution in [0.2, 0.25) is 5.02 Å². The quantitative estimate of drug-likeness (QED) is 0.729. The van der Waals surface area contributed by atoms with Crippen molar-refractivity contribution in [1.29, 1.82) is 0 Å². The van der Waals surface area contributed by atoms with Crippen LogP contribution in [0, 0.1) is 5.82 Å². The molecule has 0 spiro atoms. The van der Waals surface area contributed by atoms with Gasteiger partial charge in [0.15, 0.2) is 0 Å². The first kappa shape index (κ1) is 19.4. The van der Waals surface area contributed by atoms with Crippen molar-refractivity contribution in [3.05, 3.63) is 70.5 Å². The minimum Gasteiger partial charge on any atom is -0.497 e. The molecule has 1 amide bonds. The van der Waals surface area contributed by atoms with E-state index in [0.717, 1.165) is 30.0 Å². The number of hydrogen-bond donors (Lipinski definition) is 0. The van der Waals surface area contributed by atoms with Gasteiger partial charge in [0.25, 0.3) is 0 Å². The number of benzene rings is 2. The summed E-state index contributed by atoms with van der Waals surface area (Å²) in [6, 6.07) is 12.0. The number of piperazine rings is 1. The van der Waals surface area contributed by atoms with Crippen LogP contribution >= 0.6 is 11.6 Å². The monoisotopic (exact) mass is 388 g/mol. The fourth-order valence-electron chi connectivity index (χ4n) is 3.01. The standard InChI is InChI=1S/C21H22ClFN2O2/c1-27-19-7-2-16(3-8-19)4-9-21(26)25-12-10-24(11-13-25)15-17-5-6-18(23)14-20(17)22/h2-9,14H,10-13,15H2,1H3/b9-4+. The van der Waals surface area contributed by atoms with E-state index in [2.05, 4.69) is 4.90 Å². The van der Waals surface area contributed by atoms with E-state index in [-0.39, 0.29) is 11.7 Å². The number of ether oxygens (including phenoxy) is 1. The summed E-state index contributed by atoms with van der Waals surface area (Å²) in [5, 5.41) is 0.441. The van der Waals surface area contributed by atoms with Crippen molar-refractivity contribution in [2.75, 3.05) is 33.3 Å². The number of rotatable bonds is 5. The Kier molecular flexibility index (Phi) is 6.48. The lowest BCUT2D eigenvalue weighted by molar-refractivity contribution is -0.127. The zero-order valence-corrected chi connectivity index (χ0v) is 16.0. The molecule has 0 aromatic heterocycles. The summed E-state index contributed by atoms with van der Waals surface area (Å²) in [4.78, 5) is 16.4. The molecule has 0 aliphatic carbocycles. The Hall–Kier alpha value is -2.37. The average Bonchev–Trinajstić information content (AvgIpc) is 2.69. The molecule has 27 heavy (non-hydrogen) atoms. The first-order chi connectivity index (χ1) is 13.0. The highest BCUT2D eigenvalue weighted by Gasteiger charge is 2.20. The Bertz CT molecular complexity index is 815. The third kappa shape index (κ3) is 5.31. The molecule has 4 nitrogen and oxygen atoms in total. The van der Waals surface area contributed by atoms with Gasteiger partial charge in [-0.15, -0.1) is 0 Å². The van der Waals surface area contributed by atoms with E-state index in [0.29, 0.717) is 24.7 Å². The second kappa shape index (κ2) is 9.02. The van der Waals surface area contributed by atoms with Crippen LogP contribution in [0.15, 0.2) is 48.5 Å². The van der Waals surface area contributed by atoms with Crippen molar-refractivity contribution in [2.24, 2.45) is 0 Å². The van der Waals surface area contributed by atoms with Gasteiger partial charge in [0.2, 0.25) is 5.91 Å². The number of nitrogens with zero attached hydrogens (tertiary/aromatic N) is 2. The summed E-state index contributed by atoms with van der Waals surface area (Å²) in [5.74, 6) is 0.462. The maximum Gasteiger partial charge on any atom is 0.246 e. The van der Waals surface area contributed by atoms with Gasteiger partial charge in [0, 0.05) is 43.8 Å². The highest BCUT2D eigenvalue weighted by atomic mass is 35.5. The van der Waals surface area contributed by atoms with Gasteiger partial charge < -0.3 is 9.64 Å². The molecule has 0 bridgehead atoms. The van der Waals surface area contributed by atoms with Gasteiger partial charge >= 0.3 is 0 Å². The van der Waals surface area contributed by atoms with E-state index in [1.54, 1.807) is 19.3 Å². The maximum atomic E-state index is 13.1. The molecule has 1 aliphatic heterocycles. The fraction of sp³-hybridized carbons (Fsp3) is 0.286.